The van der Waals surface area contributed by atoms with Crippen molar-refractivity contribution in [3.05, 3.63) is 24.0 Å². The Hall–Kier alpha value is -2.02. The van der Waals surface area contributed by atoms with E-state index in [1.807, 2.05) is 34.8 Å². The topological polar surface area (TPSA) is 66.8 Å². The molecule has 0 spiro atoms. The number of aryl methyl sites for hydroxylation is 1. The summed E-state index contributed by atoms with van der Waals surface area (Å²) in [4.78, 5) is 29.4. The molecule has 0 unspecified atom stereocenters. The lowest BCUT2D eigenvalue weighted by atomic mass is 9.96. The third-order valence-electron chi connectivity index (χ3n) is 5.80. The summed E-state index contributed by atoms with van der Waals surface area (Å²) in [6.45, 7) is 1.54. The van der Waals surface area contributed by atoms with Crippen molar-refractivity contribution in [2.75, 3.05) is 26.8 Å². The number of urea groups is 1. The van der Waals surface area contributed by atoms with Gasteiger partial charge >= 0.3 is 6.03 Å². The second kappa shape index (κ2) is 9.96. The minimum absolute atomic E-state index is 0.0126. The van der Waals surface area contributed by atoms with Crippen LogP contribution in [0.1, 0.15) is 50.6 Å². The molecule has 3 rings (SSSR count). The molecule has 0 saturated heterocycles. The van der Waals surface area contributed by atoms with Gasteiger partial charge in [-0.25, -0.2) is 4.79 Å². The zero-order chi connectivity index (χ0) is 19.9. The van der Waals surface area contributed by atoms with E-state index in [9.17, 15) is 9.59 Å². The van der Waals surface area contributed by atoms with E-state index in [1.165, 1.54) is 6.42 Å². The number of nitrogens with zero attached hydrogens (tertiary/aromatic N) is 3. The first-order valence-electron chi connectivity index (χ1n) is 10.5. The molecule has 2 aliphatic carbocycles. The fraction of sp³-hybridized carbons (Fsp3) is 0.714. The van der Waals surface area contributed by atoms with E-state index in [0.29, 0.717) is 25.7 Å². The fourth-order valence-electron chi connectivity index (χ4n) is 3.86. The summed E-state index contributed by atoms with van der Waals surface area (Å²) in [5, 5.41) is 3.13. The van der Waals surface area contributed by atoms with Crippen LogP contribution in [0.3, 0.4) is 0 Å². The van der Waals surface area contributed by atoms with Gasteiger partial charge in [-0.1, -0.05) is 19.3 Å². The van der Waals surface area contributed by atoms with E-state index in [-0.39, 0.29) is 24.5 Å². The Labute approximate surface area is 168 Å². The molecular weight excluding hydrogens is 356 g/mol. The van der Waals surface area contributed by atoms with Crippen LogP contribution in [0.15, 0.2) is 18.3 Å². The van der Waals surface area contributed by atoms with Gasteiger partial charge in [0.25, 0.3) is 0 Å². The Morgan fingerprint density at radius 1 is 1.21 bits per heavy atom. The van der Waals surface area contributed by atoms with Gasteiger partial charge in [-0.2, -0.15) is 0 Å². The van der Waals surface area contributed by atoms with Gasteiger partial charge in [0.1, 0.15) is 6.54 Å². The second-order valence-corrected chi connectivity index (χ2v) is 8.06. The number of hydrogen-bond acceptors (Lipinski definition) is 3. The lowest BCUT2D eigenvalue weighted by Crippen LogP contribution is -2.50. The summed E-state index contributed by atoms with van der Waals surface area (Å²) >= 11 is 0. The second-order valence-electron chi connectivity index (χ2n) is 8.06. The Balaban J connectivity index is 1.61. The van der Waals surface area contributed by atoms with Crippen molar-refractivity contribution in [2.45, 2.75) is 63.6 Å². The van der Waals surface area contributed by atoms with Crippen LogP contribution in [0.25, 0.3) is 0 Å². The molecule has 1 aromatic heterocycles. The number of aromatic nitrogens is 1. The molecule has 0 aliphatic heterocycles. The fourth-order valence-corrected chi connectivity index (χ4v) is 3.86. The maximum absolute atomic E-state index is 13.1. The SMILES string of the molecule is COCCN(CC(=O)N(Cc1cccn1C)C1CC1)C(=O)NC1CCCCC1. The molecular formula is C21H34N4O3. The predicted octanol–water partition coefficient (Wildman–Crippen LogP) is 2.51. The summed E-state index contributed by atoms with van der Waals surface area (Å²) in [6.07, 6.45) is 9.70. The predicted molar refractivity (Wildman–Crippen MR) is 108 cm³/mol. The molecule has 7 nitrogen and oxygen atoms in total. The van der Waals surface area contributed by atoms with Gasteiger partial charge in [-0.05, 0) is 37.8 Å². The van der Waals surface area contributed by atoms with E-state index >= 15 is 0 Å². The Kier molecular flexibility index (Phi) is 7.36. The van der Waals surface area contributed by atoms with Crippen LogP contribution in [0, 0.1) is 0 Å². The van der Waals surface area contributed by atoms with Crippen LogP contribution < -0.4 is 5.32 Å². The zero-order valence-corrected chi connectivity index (χ0v) is 17.2. The van der Waals surface area contributed by atoms with Gasteiger partial charge in [-0.15, -0.1) is 0 Å². The molecule has 7 heteroatoms. The molecule has 2 aliphatic rings. The number of rotatable bonds is 9. The van der Waals surface area contributed by atoms with Crippen molar-refractivity contribution in [1.29, 1.82) is 0 Å². The lowest BCUT2D eigenvalue weighted by Gasteiger charge is -2.30. The van der Waals surface area contributed by atoms with Crippen molar-refractivity contribution in [3.63, 3.8) is 0 Å². The van der Waals surface area contributed by atoms with E-state index < -0.39 is 0 Å². The monoisotopic (exact) mass is 390 g/mol. The number of ether oxygens (including phenoxy) is 1. The smallest absolute Gasteiger partial charge is 0.318 e. The van der Waals surface area contributed by atoms with Crippen molar-refractivity contribution < 1.29 is 14.3 Å². The Morgan fingerprint density at radius 3 is 2.57 bits per heavy atom. The van der Waals surface area contributed by atoms with Crippen LogP contribution in [-0.2, 0) is 23.1 Å². The van der Waals surface area contributed by atoms with Crippen LogP contribution >= 0.6 is 0 Å². The molecule has 1 aromatic rings. The van der Waals surface area contributed by atoms with Crippen molar-refractivity contribution in [2.24, 2.45) is 7.05 Å². The van der Waals surface area contributed by atoms with Gasteiger partial charge in [0, 0.05) is 44.7 Å². The largest absolute Gasteiger partial charge is 0.383 e. The highest BCUT2D eigenvalue weighted by atomic mass is 16.5. The van der Waals surface area contributed by atoms with Crippen LogP contribution in [-0.4, -0.2) is 65.2 Å². The van der Waals surface area contributed by atoms with Gasteiger partial charge in [0.2, 0.25) is 5.91 Å². The molecule has 0 bridgehead atoms. The summed E-state index contributed by atoms with van der Waals surface area (Å²) < 4.78 is 7.21. The number of hydrogen-bond donors (Lipinski definition) is 1. The number of carbonyl (C=O) groups excluding carboxylic acids is 2. The number of nitrogens with one attached hydrogen (secondary N) is 1. The van der Waals surface area contributed by atoms with E-state index in [2.05, 4.69) is 5.32 Å². The molecule has 156 valence electrons. The first-order valence-corrected chi connectivity index (χ1v) is 10.5. The molecule has 1 heterocycles. The summed E-state index contributed by atoms with van der Waals surface area (Å²) in [5.41, 5.74) is 1.11. The van der Waals surface area contributed by atoms with Crippen LogP contribution in [0.4, 0.5) is 4.79 Å². The molecule has 0 aromatic carbocycles. The Bertz CT molecular complexity index is 650. The van der Waals surface area contributed by atoms with Crippen molar-refractivity contribution >= 4 is 11.9 Å². The van der Waals surface area contributed by atoms with Gasteiger partial charge in [-0.3, -0.25) is 4.79 Å². The summed E-state index contributed by atoms with van der Waals surface area (Å²) in [5.74, 6) is 0.0126. The lowest BCUT2D eigenvalue weighted by molar-refractivity contribution is -0.133. The van der Waals surface area contributed by atoms with Gasteiger partial charge in [0.05, 0.1) is 13.2 Å². The number of amides is 3. The minimum Gasteiger partial charge on any atom is -0.383 e. The van der Waals surface area contributed by atoms with E-state index in [0.717, 1.165) is 44.2 Å². The highest BCUT2D eigenvalue weighted by Gasteiger charge is 2.34. The molecule has 2 fully saturated rings. The molecule has 1 N–H and O–H groups in total. The maximum atomic E-state index is 13.1. The van der Waals surface area contributed by atoms with Crippen molar-refractivity contribution in [3.8, 4) is 0 Å². The molecule has 0 radical (unpaired) electrons. The molecule has 0 atom stereocenters. The third kappa shape index (κ3) is 5.74. The summed E-state index contributed by atoms with van der Waals surface area (Å²) in [7, 11) is 3.61. The van der Waals surface area contributed by atoms with Crippen molar-refractivity contribution in [1.82, 2.24) is 19.7 Å². The van der Waals surface area contributed by atoms with E-state index in [4.69, 9.17) is 4.74 Å². The molecule has 3 amide bonds. The first-order chi connectivity index (χ1) is 13.6. The molecule has 2 saturated carbocycles. The maximum Gasteiger partial charge on any atom is 0.318 e. The zero-order valence-electron chi connectivity index (χ0n) is 17.2. The standard InChI is InChI=1S/C21H34N4O3/c1-23-12-6-9-19(23)15-25(18-10-11-18)20(26)16-24(13-14-28-2)21(27)22-17-7-4-3-5-8-17/h6,9,12,17-18H,3-5,7-8,10-11,13-16H2,1-2H3,(H,22,27). The average molecular weight is 391 g/mol. The first kappa shape index (κ1) is 20.7. The third-order valence-corrected chi connectivity index (χ3v) is 5.80. The minimum atomic E-state index is -0.146. The number of methoxy groups -OCH3 is 1. The van der Waals surface area contributed by atoms with Gasteiger partial charge < -0.3 is 24.4 Å². The highest BCUT2D eigenvalue weighted by Crippen LogP contribution is 2.28. The number of carbonyl (C=O) groups is 2. The van der Waals surface area contributed by atoms with Gasteiger partial charge in [0.15, 0.2) is 0 Å². The normalized spacial score (nSPS) is 17.4. The summed E-state index contributed by atoms with van der Waals surface area (Å²) in [6, 6.07) is 4.42. The van der Waals surface area contributed by atoms with Crippen LogP contribution in [0.5, 0.6) is 0 Å². The quantitative estimate of drug-likeness (QED) is 0.705. The highest BCUT2D eigenvalue weighted by molar-refractivity contribution is 5.84. The van der Waals surface area contributed by atoms with E-state index in [1.54, 1.807) is 12.0 Å². The Morgan fingerprint density at radius 2 is 1.96 bits per heavy atom. The van der Waals surface area contributed by atoms with Crippen LogP contribution in [0.2, 0.25) is 0 Å². The average Bonchev–Trinajstić information content (AvgIpc) is 3.45. The molecule has 28 heavy (non-hydrogen) atoms.